The van der Waals surface area contributed by atoms with E-state index in [0.717, 1.165) is 12.7 Å². The van der Waals surface area contributed by atoms with Crippen LogP contribution in [-0.4, -0.2) is 109 Å². The summed E-state index contributed by atoms with van der Waals surface area (Å²) in [5.74, 6) is 0.0794. The highest BCUT2D eigenvalue weighted by Gasteiger charge is 2.46. The molecular weight excluding hydrogens is 650 g/mol. The Morgan fingerprint density at radius 1 is 0.711 bits per heavy atom. The second kappa shape index (κ2) is 11.8. The van der Waals surface area contributed by atoms with Crippen LogP contribution in [0.2, 0.25) is 0 Å². The van der Waals surface area contributed by atoms with Gasteiger partial charge < -0.3 is 60.2 Å². The lowest BCUT2D eigenvalue weighted by Gasteiger charge is -2.32. The number of anilines is 2. The van der Waals surface area contributed by atoms with E-state index in [1.54, 1.807) is 0 Å². The SMILES string of the molecule is Nc1ncnc2c1ncn2C1OC(COP(=O)([O-])OP(=O)([O-])OCC2OC(n3cnc4c(N)ncnc43)C(O)C2O)C(O)C1O. The van der Waals surface area contributed by atoms with Gasteiger partial charge in [-0.1, -0.05) is 0 Å². The number of rotatable bonds is 10. The summed E-state index contributed by atoms with van der Waals surface area (Å²) < 4.78 is 51.4. The van der Waals surface area contributed by atoms with E-state index < -0.39 is 77.9 Å². The summed E-state index contributed by atoms with van der Waals surface area (Å²) in [6, 6.07) is 0. The zero-order valence-electron chi connectivity index (χ0n) is 22.4. The molecule has 8 N–H and O–H groups in total. The number of nitrogens with two attached hydrogens (primary N) is 2. The summed E-state index contributed by atoms with van der Waals surface area (Å²) in [6.45, 7) is -1.96. The molecule has 10 unspecified atom stereocenters. The van der Waals surface area contributed by atoms with Gasteiger partial charge in [-0.3, -0.25) is 18.3 Å². The number of nitrogens with zero attached hydrogens (tertiary/aromatic N) is 8. The predicted octanol–water partition coefficient (Wildman–Crippen LogP) is -3.94. The lowest BCUT2D eigenvalue weighted by atomic mass is 10.1. The predicted molar refractivity (Wildman–Crippen MR) is 140 cm³/mol. The molecule has 10 atom stereocenters. The van der Waals surface area contributed by atoms with E-state index in [0.29, 0.717) is 0 Å². The van der Waals surface area contributed by atoms with Crippen LogP contribution in [0.25, 0.3) is 22.3 Å². The van der Waals surface area contributed by atoms with E-state index in [4.69, 9.17) is 20.9 Å². The quantitative estimate of drug-likeness (QED) is 0.0874. The Kier molecular flexibility index (Phi) is 8.33. The van der Waals surface area contributed by atoms with Crippen LogP contribution >= 0.6 is 15.6 Å². The minimum Gasteiger partial charge on any atom is -0.756 e. The first-order valence-corrected chi connectivity index (χ1v) is 15.7. The van der Waals surface area contributed by atoms with Crippen LogP contribution in [0.1, 0.15) is 12.5 Å². The highest BCUT2D eigenvalue weighted by Crippen LogP contribution is 2.56. The summed E-state index contributed by atoms with van der Waals surface area (Å²) in [5.41, 5.74) is 12.1. The summed E-state index contributed by atoms with van der Waals surface area (Å²) in [5, 5.41) is 41.8. The van der Waals surface area contributed by atoms with E-state index in [2.05, 4.69) is 43.3 Å². The standard InChI is InChI=1S/C20H26N10O13P2/c21-15-9-17(25-3-23-15)29(5-27-9)19-13(33)11(31)7(41-19)1-39-44(35,36)43-45(37,38)40-2-8-12(32)14(34)20(42-8)30-6-28-10-16(22)24-4-26-18(10)30/h3-8,11-14,19-20,31-34H,1-2H2,(H,35,36)(H,37,38)(H2,21,23,25)(H2,22,24,26)/p-2. The number of imidazole rings is 2. The Hall–Kier alpha value is -3.28. The molecule has 0 aromatic carbocycles. The molecular formula is C20H24N10O13P2-2. The number of ether oxygens (including phenoxy) is 2. The van der Waals surface area contributed by atoms with Crippen molar-refractivity contribution in [3.63, 3.8) is 0 Å². The molecule has 244 valence electrons. The zero-order chi connectivity index (χ0) is 32.3. The molecule has 45 heavy (non-hydrogen) atoms. The van der Waals surface area contributed by atoms with Crippen LogP contribution in [0, 0.1) is 0 Å². The molecule has 25 heteroatoms. The lowest BCUT2D eigenvalue weighted by Crippen LogP contribution is -2.34. The van der Waals surface area contributed by atoms with Gasteiger partial charge in [-0.2, -0.15) is 0 Å². The minimum atomic E-state index is -5.68. The average molecular weight is 674 g/mol. The number of hydrogen-bond acceptors (Lipinski definition) is 21. The molecule has 6 heterocycles. The molecule has 2 aliphatic heterocycles. The summed E-state index contributed by atoms with van der Waals surface area (Å²) in [7, 11) is -11.4. The van der Waals surface area contributed by atoms with E-state index in [-0.39, 0.29) is 34.0 Å². The van der Waals surface area contributed by atoms with Crippen LogP contribution < -0.4 is 21.3 Å². The third-order valence-corrected chi connectivity index (χ3v) is 9.52. The molecule has 2 saturated heterocycles. The molecule has 23 nitrogen and oxygen atoms in total. The highest BCUT2D eigenvalue weighted by atomic mass is 31.3. The maximum absolute atomic E-state index is 12.3. The topological polar surface area (TPSA) is 347 Å². The van der Waals surface area contributed by atoms with Gasteiger partial charge in [-0.15, -0.1) is 0 Å². The van der Waals surface area contributed by atoms with E-state index in [1.807, 2.05) is 0 Å². The maximum atomic E-state index is 12.3. The van der Waals surface area contributed by atoms with Gasteiger partial charge in [0.05, 0.1) is 25.9 Å². The van der Waals surface area contributed by atoms with Gasteiger partial charge in [-0.25, -0.2) is 34.2 Å². The van der Waals surface area contributed by atoms with Crippen molar-refractivity contribution >= 4 is 49.6 Å². The summed E-state index contributed by atoms with van der Waals surface area (Å²) in [4.78, 5) is 48.3. The third-order valence-electron chi connectivity index (χ3n) is 6.99. The first-order valence-electron chi connectivity index (χ1n) is 12.8. The van der Waals surface area contributed by atoms with E-state index in [9.17, 15) is 39.3 Å². The molecule has 0 bridgehead atoms. The number of aromatic nitrogens is 8. The van der Waals surface area contributed by atoms with Crippen molar-refractivity contribution in [2.75, 3.05) is 24.7 Å². The maximum Gasteiger partial charge on any atom is 0.274 e. The Labute approximate surface area is 250 Å². The Morgan fingerprint density at radius 3 is 1.51 bits per heavy atom. The Bertz CT molecular complexity index is 1680. The van der Waals surface area contributed by atoms with Crippen molar-refractivity contribution in [2.45, 2.75) is 49.1 Å². The number of hydrogen-bond donors (Lipinski definition) is 6. The number of aliphatic hydroxyl groups is 4. The van der Waals surface area contributed by atoms with E-state index in [1.165, 1.54) is 21.8 Å². The number of fused-ring (bicyclic) bond motifs is 2. The Balaban J connectivity index is 1.04. The van der Waals surface area contributed by atoms with Crippen molar-refractivity contribution in [2.24, 2.45) is 0 Å². The molecule has 6 rings (SSSR count). The largest absolute Gasteiger partial charge is 0.756 e. The summed E-state index contributed by atoms with van der Waals surface area (Å²) in [6.07, 6.45) is -7.53. The normalized spacial score (nSPS) is 31.4. The zero-order valence-corrected chi connectivity index (χ0v) is 24.2. The average Bonchev–Trinajstić information content (AvgIpc) is 3.73. The van der Waals surface area contributed by atoms with Crippen molar-refractivity contribution in [1.82, 2.24) is 39.0 Å². The Morgan fingerprint density at radius 2 is 1.11 bits per heavy atom. The second-order valence-electron chi connectivity index (χ2n) is 9.83. The van der Waals surface area contributed by atoms with Gasteiger partial charge in [0.25, 0.3) is 15.6 Å². The van der Waals surface area contributed by atoms with Crippen molar-refractivity contribution < 1.29 is 62.2 Å². The molecule has 0 amide bonds. The molecule has 4 aromatic heterocycles. The van der Waals surface area contributed by atoms with Crippen molar-refractivity contribution in [1.29, 1.82) is 0 Å². The molecule has 2 aliphatic rings. The van der Waals surface area contributed by atoms with E-state index >= 15 is 0 Å². The molecule has 2 fully saturated rings. The van der Waals surface area contributed by atoms with Crippen molar-refractivity contribution in [3.05, 3.63) is 25.3 Å². The fourth-order valence-corrected chi connectivity index (χ4v) is 6.82. The van der Waals surface area contributed by atoms with Crippen LogP contribution in [-0.2, 0) is 32.0 Å². The lowest BCUT2D eigenvalue weighted by molar-refractivity contribution is -0.246. The highest BCUT2D eigenvalue weighted by molar-refractivity contribution is 7.59. The van der Waals surface area contributed by atoms with Crippen LogP contribution in [0.3, 0.4) is 0 Å². The van der Waals surface area contributed by atoms with Gasteiger partial charge in [0.2, 0.25) is 0 Å². The first kappa shape index (κ1) is 31.7. The number of phosphoric acid groups is 2. The van der Waals surface area contributed by atoms with Crippen LogP contribution in [0.15, 0.2) is 25.3 Å². The van der Waals surface area contributed by atoms with Gasteiger partial charge in [-0.05, 0) is 0 Å². The number of phosphoric ester groups is 2. The third kappa shape index (κ3) is 6.02. The molecule has 0 saturated carbocycles. The minimum absolute atomic E-state index is 0.0397. The fourth-order valence-electron chi connectivity index (χ4n) is 4.80. The molecule has 0 spiro atoms. The molecule has 0 aliphatic carbocycles. The monoisotopic (exact) mass is 674 g/mol. The molecule has 4 aromatic rings. The van der Waals surface area contributed by atoms with Crippen LogP contribution in [0.4, 0.5) is 11.6 Å². The van der Waals surface area contributed by atoms with Gasteiger partial charge in [0.15, 0.2) is 35.4 Å². The van der Waals surface area contributed by atoms with Gasteiger partial charge in [0.1, 0.15) is 60.3 Å². The second-order valence-corrected chi connectivity index (χ2v) is 12.8. The first-order chi connectivity index (χ1) is 21.3. The summed E-state index contributed by atoms with van der Waals surface area (Å²) >= 11 is 0. The van der Waals surface area contributed by atoms with Gasteiger partial charge >= 0.3 is 0 Å². The van der Waals surface area contributed by atoms with Gasteiger partial charge in [0, 0.05) is 0 Å². The van der Waals surface area contributed by atoms with Crippen molar-refractivity contribution in [3.8, 4) is 0 Å². The molecule has 0 radical (unpaired) electrons. The number of aliphatic hydroxyl groups excluding tert-OH is 4. The number of nitrogen functional groups attached to an aromatic ring is 2. The smallest absolute Gasteiger partial charge is 0.274 e. The van der Waals surface area contributed by atoms with Crippen LogP contribution in [0.5, 0.6) is 0 Å². The fraction of sp³-hybridized carbons (Fsp3) is 0.500.